The molecule has 176 valence electrons. The first kappa shape index (κ1) is 25.0. The predicted molar refractivity (Wildman–Crippen MR) is 133 cm³/mol. The molecule has 1 N–H and O–H groups in total. The highest BCUT2D eigenvalue weighted by Crippen LogP contribution is 2.40. The second kappa shape index (κ2) is 9.32. The molecule has 31 heavy (non-hydrogen) atoms. The number of piperazine rings is 1. The number of rotatable bonds is 6. The van der Waals surface area contributed by atoms with E-state index < -0.39 is 8.32 Å². The van der Waals surface area contributed by atoms with Crippen molar-refractivity contribution in [3.05, 3.63) is 22.4 Å². The molecule has 0 spiro atoms. The molecule has 2 fully saturated rings. The first-order valence-corrected chi connectivity index (χ1v) is 15.3. The predicted octanol–water partition coefficient (Wildman–Crippen LogP) is 6.49. The summed E-state index contributed by atoms with van der Waals surface area (Å²) in [6, 6.07) is 4.53. The quantitative estimate of drug-likeness (QED) is 0.347. The Morgan fingerprint density at radius 2 is 1.87 bits per heavy atom. The molecule has 1 aromatic carbocycles. The maximum absolute atomic E-state index is 15.5. The molecule has 1 heterocycles. The van der Waals surface area contributed by atoms with Crippen LogP contribution in [0.5, 0.6) is 5.75 Å². The minimum Gasteiger partial charge on any atom is -0.490 e. The van der Waals surface area contributed by atoms with Crippen LogP contribution in [-0.2, 0) is 4.43 Å². The number of halogens is 2. The van der Waals surface area contributed by atoms with Gasteiger partial charge in [0.25, 0.3) is 0 Å². The average molecular weight is 516 g/mol. The lowest BCUT2D eigenvalue weighted by atomic mass is 9.83. The van der Waals surface area contributed by atoms with Crippen LogP contribution in [-0.4, -0.2) is 45.7 Å². The second-order valence-electron chi connectivity index (χ2n) is 11.3. The molecular weight excluding hydrogens is 475 g/mol. The van der Waals surface area contributed by atoms with Gasteiger partial charge in [0, 0.05) is 24.2 Å². The van der Waals surface area contributed by atoms with Crippen molar-refractivity contribution in [1.82, 2.24) is 5.32 Å². The van der Waals surface area contributed by atoms with Gasteiger partial charge >= 0.3 is 0 Å². The van der Waals surface area contributed by atoms with Gasteiger partial charge in [-0.05, 0) is 72.9 Å². The first-order valence-electron chi connectivity index (χ1n) is 11.6. The van der Waals surface area contributed by atoms with Gasteiger partial charge in [-0.15, -0.1) is 0 Å². The maximum Gasteiger partial charge on any atom is 0.192 e. The number of ether oxygens (including phenoxy) is 1. The van der Waals surface area contributed by atoms with Gasteiger partial charge in [0.2, 0.25) is 0 Å². The van der Waals surface area contributed by atoms with Crippen LogP contribution in [0.4, 0.5) is 10.1 Å². The summed E-state index contributed by atoms with van der Waals surface area (Å²) in [5.41, 5.74) is 0.622. The molecule has 1 aliphatic heterocycles. The van der Waals surface area contributed by atoms with E-state index in [1.807, 2.05) is 12.1 Å². The molecule has 0 aromatic heterocycles. The highest BCUT2D eigenvalue weighted by atomic mass is 79.9. The lowest BCUT2D eigenvalue weighted by Gasteiger charge is -2.52. The van der Waals surface area contributed by atoms with Crippen LogP contribution in [0.3, 0.4) is 0 Å². The Labute approximate surface area is 197 Å². The van der Waals surface area contributed by atoms with E-state index in [0.717, 1.165) is 19.4 Å². The van der Waals surface area contributed by atoms with Crippen LogP contribution >= 0.6 is 15.9 Å². The zero-order valence-electron chi connectivity index (χ0n) is 20.3. The van der Waals surface area contributed by atoms with Crippen molar-refractivity contribution in [3.63, 3.8) is 0 Å². The SMILES string of the molecule is CC1(C)CN(c2ccc(OCCO[Si](C)(C)C(C)(C)C)c(Br)c2F)[C@H]2CCCC[C@H]2N1. The monoisotopic (exact) mass is 514 g/mol. The first-order chi connectivity index (χ1) is 14.3. The standard InChI is InChI=1S/C24H40BrFN2O2Si/c1-23(2,3)31(6,7)30-15-14-29-20-13-12-19(22(26)21(20)25)28-16-24(4,5)27-17-10-8-9-11-18(17)28/h12-13,17-18,27H,8-11,14-16H2,1-7H3/t17-,18+/m1/s1. The fourth-order valence-electron chi connectivity index (χ4n) is 4.53. The van der Waals surface area contributed by atoms with Crippen molar-refractivity contribution in [2.45, 2.75) is 96.1 Å². The summed E-state index contributed by atoms with van der Waals surface area (Å²) >= 11 is 3.46. The molecule has 7 heteroatoms. The molecule has 3 rings (SSSR count). The number of fused-ring (bicyclic) bond motifs is 1. The van der Waals surface area contributed by atoms with E-state index in [1.165, 1.54) is 12.8 Å². The Hall–Kier alpha value is -0.633. The number of anilines is 1. The fourth-order valence-corrected chi connectivity index (χ4v) is 6.00. The number of nitrogens with one attached hydrogen (secondary N) is 1. The van der Waals surface area contributed by atoms with E-state index in [2.05, 4.69) is 73.9 Å². The molecule has 1 aromatic rings. The summed E-state index contributed by atoms with van der Waals surface area (Å²) in [6.45, 7) is 17.2. The lowest BCUT2D eigenvalue weighted by Crippen LogP contribution is -2.67. The Bertz CT molecular complexity index is 782. The molecule has 1 saturated heterocycles. The summed E-state index contributed by atoms with van der Waals surface area (Å²) in [6.07, 6.45) is 4.71. The van der Waals surface area contributed by atoms with Crippen molar-refractivity contribution < 1.29 is 13.6 Å². The van der Waals surface area contributed by atoms with Crippen LogP contribution < -0.4 is 15.0 Å². The largest absolute Gasteiger partial charge is 0.490 e. The van der Waals surface area contributed by atoms with Crippen LogP contribution in [0, 0.1) is 5.82 Å². The zero-order chi connectivity index (χ0) is 23.0. The number of nitrogens with zero attached hydrogens (tertiary/aromatic N) is 1. The van der Waals surface area contributed by atoms with Crippen molar-refractivity contribution in [2.24, 2.45) is 0 Å². The maximum atomic E-state index is 15.5. The van der Waals surface area contributed by atoms with Crippen LogP contribution in [0.25, 0.3) is 0 Å². The number of benzene rings is 1. The van der Waals surface area contributed by atoms with Crippen molar-refractivity contribution in [3.8, 4) is 5.75 Å². The van der Waals surface area contributed by atoms with E-state index in [9.17, 15) is 0 Å². The molecule has 2 atom stereocenters. The molecule has 0 bridgehead atoms. The fraction of sp³-hybridized carbons (Fsp3) is 0.750. The zero-order valence-corrected chi connectivity index (χ0v) is 22.9. The van der Waals surface area contributed by atoms with Gasteiger partial charge in [0.1, 0.15) is 12.4 Å². The normalized spacial score (nSPS) is 24.1. The molecule has 2 aliphatic rings. The van der Waals surface area contributed by atoms with Crippen LogP contribution in [0.15, 0.2) is 16.6 Å². The summed E-state index contributed by atoms with van der Waals surface area (Å²) in [7, 11) is -1.81. The molecule has 0 amide bonds. The summed E-state index contributed by atoms with van der Waals surface area (Å²) < 4.78 is 28.0. The van der Waals surface area contributed by atoms with E-state index in [0.29, 0.717) is 41.2 Å². The summed E-state index contributed by atoms with van der Waals surface area (Å²) in [5.74, 6) is 0.305. The number of hydrogen-bond donors (Lipinski definition) is 1. The highest BCUT2D eigenvalue weighted by Gasteiger charge is 2.41. The lowest BCUT2D eigenvalue weighted by molar-refractivity contribution is 0.197. The Kier molecular flexibility index (Phi) is 7.51. The van der Waals surface area contributed by atoms with Crippen molar-refractivity contribution in [2.75, 3.05) is 24.7 Å². The van der Waals surface area contributed by atoms with Crippen LogP contribution in [0.2, 0.25) is 18.1 Å². The Balaban J connectivity index is 1.70. The van der Waals surface area contributed by atoms with Crippen molar-refractivity contribution in [1.29, 1.82) is 0 Å². The molecule has 4 nitrogen and oxygen atoms in total. The minimum atomic E-state index is -1.81. The average Bonchev–Trinajstić information content (AvgIpc) is 2.66. The van der Waals surface area contributed by atoms with E-state index in [4.69, 9.17) is 9.16 Å². The molecule has 0 unspecified atom stereocenters. The van der Waals surface area contributed by atoms with E-state index in [-0.39, 0.29) is 16.4 Å². The third-order valence-electron chi connectivity index (χ3n) is 7.22. The Morgan fingerprint density at radius 3 is 2.55 bits per heavy atom. The van der Waals surface area contributed by atoms with Gasteiger partial charge in [-0.3, -0.25) is 0 Å². The Morgan fingerprint density at radius 1 is 1.19 bits per heavy atom. The van der Waals surface area contributed by atoms with Crippen LogP contribution in [0.1, 0.15) is 60.3 Å². The van der Waals surface area contributed by atoms with E-state index in [1.54, 1.807) is 0 Å². The molecule has 1 aliphatic carbocycles. The van der Waals surface area contributed by atoms with Gasteiger partial charge < -0.3 is 19.4 Å². The second-order valence-corrected chi connectivity index (χ2v) is 16.9. The van der Waals surface area contributed by atoms with Gasteiger partial charge in [-0.25, -0.2) is 4.39 Å². The van der Waals surface area contributed by atoms with Crippen molar-refractivity contribution >= 4 is 29.9 Å². The van der Waals surface area contributed by atoms with Gasteiger partial charge in [-0.2, -0.15) is 0 Å². The van der Waals surface area contributed by atoms with Gasteiger partial charge in [0.05, 0.1) is 16.8 Å². The molecule has 0 radical (unpaired) electrons. The summed E-state index contributed by atoms with van der Waals surface area (Å²) in [4.78, 5) is 2.28. The third-order valence-corrected chi connectivity index (χ3v) is 12.5. The molecular formula is C24H40BrFN2O2Si. The number of hydrogen-bond acceptors (Lipinski definition) is 4. The van der Waals surface area contributed by atoms with Gasteiger partial charge in [0.15, 0.2) is 14.1 Å². The molecule has 1 saturated carbocycles. The highest BCUT2D eigenvalue weighted by molar-refractivity contribution is 9.10. The van der Waals surface area contributed by atoms with E-state index >= 15 is 4.39 Å². The minimum absolute atomic E-state index is 0.0479. The topological polar surface area (TPSA) is 33.7 Å². The smallest absolute Gasteiger partial charge is 0.192 e. The summed E-state index contributed by atoms with van der Waals surface area (Å²) in [5, 5.41) is 3.95. The third kappa shape index (κ3) is 5.65. The van der Waals surface area contributed by atoms with Gasteiger partial charge in [-0.1, -0.05) is 33.6 Å².